The maximum absolute atomic E-state index is 13.6. The van der Waals surface area contributed by atoms with Gasteiger partial charge in [0, 0.05) is 23.3 Å². The van der Waals surface area contributed by atoms with E-state index in [0.29, 0.717) is 0 Å². The van der Waals surface area contributed by atoms with Crippen molar-refractivity contribution in [3.05, 3.63) is 29.8 Å². The van der Waals surface area contributed by atoms with Crippen LogP contribution in [-0.2, 0) is 19.9 Å². The van der Waals surface area contributed by atoms with Crippen LogP contribution in [0.15, 0.2) is 24.3 Å². The SMILES string of the molecule is CSCC[C@@H]1N[C@]2(C(=O)Nc3ccccc32)[C@H]2C(=O)N(C3CCCC3)C(=O)[C@H]12. The number of nitrogens with one attached hydrogen (secondary N) is 2. The molecular formula is C21H25N3O3S. The highest BCUT2D eigenvalue weighted by Crippen LogP contribution is 2.54. The van der Waals surface area contributed by atoms with E-state index in [0.717, 1.165) is 49.1 Å². The zero-order valence-electron chi connectivity index (χ0n) is 15.9. The van der Waals surface area contributed by atoms with Gasteiger partial charge in [0.2, 0.25) is 17.7 Å². The van der Waals surface area contributed by atoms with E-state index < -0.39 is 17.4 Å². The van der Waals surface area contributed by atoms with Crippen LogP contribution in [0.5, 0.6) is 0 Å². The minimum absolute atomic E-state index is 0.00329. The van der Waals surface area contributed by atoms with Gasteiger partial charge in [-0.25, -0.2) is 0 Å². The first-order chi connectivity index (χ1) is 13.6. The molecule has 7 heteroatoms. The fourth-order valence-electron chi connectivity index (χ4n) is 5.80. The summed E-state index contributed by atoms with van der Waals surface area (Å²) in [6.07, 6.45) is 6.67. The van der Waals surface area contributed by atoms with Crippen LogP contribution >= 0.6 is 11.8 Å². The number of amides is 3. The molecule has 2 N–H and O–H groups in total. The Bertz CT molecular complexity index is 853. The molecule has 4 aliphatic rings. The van der Waals surface area contributed by atoms with Crippen molar-refractivity contribution in [1.82, 2.24) is 10.2 Å². The smallest absolute Gasteiger partial charge is 0.250 e. The Morgan fingerprint density at radius 2 is 1.89 bits per heavy atom. The Morgan fingerprint density at radius 3 is 2.64 bits per heavy atom. The minimum Gasteiger partial charge on any atom is -0.324 e. The van der Waals surface area contributed by atoms with Crippen LogP contribution in [-0.4, -0.2) is 46.7 Å². The molecule has 28 heavy (non-hydrogen) atoms. The van der Waals surface area contributed by atoms with Crippen molar-refractivity contribution in [2.45, 2.75) is 49.7 Å². The standard InChI is InChI=1S/C21H25N3O3S/c1-28-11-10-15-16-17(19(26)24(18(16)25)12-6-2-3-7-12)21(23-15)13-8-4-5-9-14(13)22-20(21)27/h4-5,8-9,12,15-17,23H,2-3,6-7,10-11H2,1H3,(H,22,27)/t15-,16+,17+,21-/m0/s1. The number of nitrogens with zero attached hydrogens (tertiary/aromatic N) is 1. The first kappa shape index (κ1) is 18.2. The van der Waals surface area contributed by atoms with Gasteiger partial charge in [-0.2, -0.15) is 11.8 Å². The van der Waals surface area contributed by atoms with Crippen LogP contribution in [0, 0.1) is 11.8 Å². The number of rotatable bonds is 4. The molecule has 4 atom stereocenters. The Kier molecular flexibility index (Phi) is 4.28. The van der Waals surface area contributed by atoms with Crippen LogP contribution in [0.1, 0.15) is 37.7 Å². The summed E-state index contributed by atoms with van der Waals surface area (Å²) in [7, 11) is 0. The number of carbonyl (C=O) groups excluding carboxylic acids is 3. The highest BCUT2D eigenvalue weighted by atomic mass is 32.2. The average Bonchev–Trinajstić information content (AvgIpc) is 3.42. The quantitative estimate of drug-likeness (QED) is 0.758. The molecule has 0 unspecified atom stereocenters. The zero-order chi connectivity index (χ0) is 19.5. The van der Waals surface area contributed by atoms with Crippen LogP contribution in [0.2, 0.25) is 0 Å². The summed E-state index contributed by atoms with van der Waals surface area (Å²) in [6, 6.07) is 7.37. The zero-order valence-corrected chi connectivity index (χ0v) is 16.8. The molecule has 2 saturated heterocycles. The average molecular weight is 400 g/mol. The molecular weight excluding hydrogens is 374 g/mol. The predicted molar refractivity (Wildman–Crippen MR) is 108 cm³/mol. The number of likely N-dealkylation sites (tertiary alicyclic amines) is 1. The Labute approximate surface area is 168 Å². The number of imide groups is 1. The van der Waals surface area contributed by atoms with Crippen molar-refractivity contribution >= 4 is 35.2 Å². The number of anilines is 1. The molecule has 1 aliphatic carbocycles. The fraction of sp³-hybridized carbons (Fsp3) is 0.571. The summed E-state index contributed by atoms with van der Waals surface area (Å²) in [5, 5.41) is 6.44. The number of carbonyl (C=O) groups is 3. The summed E-state index contributed by atoms with van der Waals surface area (Å²) >= 11 is 1.72. The van der Waals surface area contributed by atoms with Gasteiger partial charge in [-0.15, -0.1) is 0 Å². The van der Waals surface area contributed by atoms with E-state index >= 15 is 0 Å². The van der Waals surface area contributed by atoms with E-state index in [2.05, 4.69) is 10.6 Å². The Hall–Kier alpha value is -1.86. The third-order valence-electron chi connectivity index (χ3n) is 6.98. The van der Waals surface area contributed by atoms with Gasteiger partial charge in [-0.1, -0.05) is 31.0 Å². The number of hydrogen-bond acceptors (Lipinski definition) is 5. The third kappa shape index (κ3) is 2.29. The minimum atomic E-state index is -1.13. The molecule has 148 valence electrons. The molecule has 1 aromatic carbocycles. The lowest BCUT2D eigenvalue weighted by molar-refractivity contribution is -0.145. The monoisotopic (exact) mass is 399 g/mol. The fourth-order valence-corrected chi connectivity index (χ4v) is 6.29. The molecule has 3 heterocycles. The lowest BCUT2D eigenvalue weighted by Gasteiger charge is -2.31. The second-order valence-corrected chi connectivity index (χ2v) is 9.31. The summed E-state index contributed by atoms with van der Waals surface area (Å²) in [6.45, 7) is 0. The molecule has 1 aromatic rings. The molecule has 0 radical (unpaired) electrons. The predicted octanol–water partition coefficient (Wildman–Crippen LogP) is 2.10. The van der Waals surface area contributed by atoms with Crippen LogP contribution in [0.25, 0.3) is 0 Å². The summed E-state index contributed by atoms with van der Waals surface area (Å²) < 4.78 is 0. The van der Waals surface area contributed by atoms with Crippen LogP contribution in [0.3, 0.4) is 0 Å². The van der Waals surface area contributed by atoms with Crippen molar-refractivity contribution in [2.75, 3.05) is 17.3 Å². The molecule has 1 spiro atoms. The summed E-state index contributed by atoms with van der Waals surface area (Å²) in [4.78, 5) is 41.8. The first-order valence-corrected chi connectivity index (χ1v) is 11.5. The summed E-state index contributed by atoms with van der Waals surface area (Å²) in [5.74, 6) is -0.675. The van der Waals surface area contributed by atoms with Gasteiger partial charge < -0.3 is 5.32 Å². The maximum atomic E-state index is 13.6. The number of para-hydroxylation sites is 1. The molecule has 1 saturated carbocycles. The van der Waals surface area contributed by atoms with Gasteiger partial charge in [-0.3, -0.25) is 24.6 Å². The van der Waals surface area contributed by atoms with Crippen molar-refractivity contribution < 1.29 is 14.4 Å². The number of fused-ring (bicyclic) bond motifs is 4. The molecule has 0 aromatic heterocycles. The van der Waals surface area contributed by atoms with E-state index in [1.807, 2.05) is 30.5 Å². The number of benzene rings is 1. The van der Waals surface area contributed by atoms with Crippen LogP contribution < -0.4 is 10.6 Å². The van der Waals surface area contributed by atoms with Crippen molar-refractivity contribution in [1.29, 1.82) is 0 Å². The van der Waals surface area contributed by atoms with E-state index in [4.69, 9.17) is 0 Å². The Balaban J connectivity index is 1.61. The van der Waals surface area contributed by atoms with Gasteiger partial charge in [0.1, 0.15) is 5.54 Å². The topological polar surface area (TPSA) is 78.5 Å². The van der Waals surface area contributed by atoms with E-state index in [-0.39, 0.29) is 29.8 Å². The number of thioether (sulfide) groups is 1. The first-order valence-electron chi connectivity index (χ1n) is 10.1. The van der Waals surface area contributed by atoms with E-state index in [1.54, 1.807) is 11.8 Å². The highest BCUT2D eigenvalue weighted by Gasteiger charge is 2.70. The largest absolute Gasteiger partial charge is 0.324 e. The van der Waals surface area contributed by atoms with Gasteiger partial charge in [-0.05, 0) is 37.3 Å². The van der Waals surface area contributed by atoms with E-state index in [9.17, 15) is 14.4 Å². The van der Waals surface area contributed by atoms with Crippen molar-refractivity contribution in [2.24, 2.45) is 11.8 Å². The second-order valence-electron chi connectivity index (χ2n) is 8.33. The molecule has 5 rings (SSSR count). The molecule has 0 bridgehead atoms. The van der Waals surface area contributed by atoms with Crippen LogP contribution in [0.4, 0.5) is 5.69 Å². The van der Waals surface area contributed by atoms with E-state index in [1.165, 1.54) is 4.90 Å². The van der Waals surface area contributed by atoms with Crippen molar-refractivity contribution in [3.8, 4) is 0 Å². The normalized spacial score (nSPS) is 34.4. The lowest BCUT2D eigenvalue weighted by atomic mass is 9.76. The lowest BCUT2D eigenvalue weighted by Crippen LogP contribution is -2.54. The van der Waals surface area contributed by atoms with Gasteiger partial charge >= 0.3 is 0 Å². The van der Waals surface area contributed by atoms with Gasteiger partial charge in [0.25, 0.3) is 0 Å². The summed E-state index contributed by atoms with van der Waals surface area (Å²) in [5.41, 5.74) is 0.407. The van der Waals surface area contributed by atoms with Gasteiger partial charge in [0.15, 0.2) is 0 Å². The third-order valence-corrected chi connectivity index (χ3v) is 7.62. The molecule has 6 nitrogen and oxygen atoms in total. The van der Waals surface area contributed by atoms with Gasteiger partial charge in [0.05, 0.1) is 11.8 Å². The highest BCUT2D eigenvalue weighted by molar-refractivity contribution is 7.98. The second kappa shape index (κ2) is 6.59. The Morgan fingerprint density at radius 1 is 1.14 bits per heavy atom. The number of hydrogen-bond donors (Lipinski definition) is 2. The maximum Gasteiger partial charge on any atom is 0.250 e. The molecule has 3 amide bonds. The molecule has 3 fully saturated rings. The molecule has 3 aliphatic heterocycles. The van der Waals surface area contributed by atoms with Crippen molar-refractivity contribution in [3.63, 3.8) is 0 Å².